The van der Waals surface area contributed by atoms with Gasteiger partial charge < -0.3 is 10.2 Å². The number of hydrogen-bond acceptors (Lipinski definition) is 2. The topological polar surface area (TPSA) is 32.3 Å². The predicted octanol–water partition coefficient (Wildman–Crippen LogP) is 0.610. The van der Waals surface area contributed by atoms with Gasteiger partial charge in [-0.1, -0.05) is 0 Å². The summed E-state index contributed by atoms with van der Waals surface area (Å²) in [7, 11) is 1.82. The van der Waals surface area contributed by atoms with Gasteiger partial charge in [0.15, 0.2) is 0 Å². The average molecular weight is 223 g/mol. The molecule has 0 aromatic carbocycles. The number of rotatable bonds is 2. The maximum atomic E-state index is 11.7. The van der Waals surface area contributed by atoms with Gasteiger partial charge in [0, 0.05) is 20.1 Å². The smallest absolute Gasteiger partial charge is 0.228 e. The normalized spacial score (nSPS) is 30.8. The van der Waals surface area contributed by atoms with Crippen molar-refractivity contribution in [1.82, 2.24) is 10.2 Å². The maximum absolute atomic E-state index is 11.7. The first kappa shape index (κ1) is 9.56. The number of nitrogens with one attached hydrogen (secondary N) is 1. The van der Waals surface area contributed by atoms with Crippen molar-refractivity contribution >= 4 is 29.1 Å². The molecule has 5 heteroatoms. The Bertz CT molecular complexity index is 240. The Morgan fingerprint density at radius 1 is 1.54 bits per heavy atom. The van der Waals surface area contributed by atoms with Gasteiger partial charge in [-0.3, -0.25) is 4.79 Å². The zero-order valence-electron chi connectivity index (χ0n) is 7.39. The molecule has 2 rings (SSSR count). The molecule has 2 aliphatic rings. The van der Waals surface area contributed by atoms with E-state index < -0.39 is 4.33 Å². The third kappa shape index (κ3) is 1.65. The van der Waals surface area contributed by atoms with Crippen LogP contribution in [0.2, 0.25) is 0 Å². The third-order valence-corrected chi connectivity index (χ3v) is 3.61. The van der Waals surface area contributed by atoms with E-state index in [4.69, 9.17) is 23.2 Å². The number of halogens is 2. The molecule has 1 heterocycles. The van der Waals surface area contributed by atoms with Crippen LogP contribution in [0.15, 0.2) is 0 Å². The van der Waals surface area contributed by atoms with Gasteiger partial charge >= 0.3 is 0 Å². The number of alkyl halides is 2. The second-order valence-corrected chi connectivity index (χ2v) is 5.32. The summed E-state index contributed by atoms with van der Waals surface area (Å²) in [5.41, 5.74) is 0. The molecule has 1 saturated heterocycles. The Morgan fingerprint density at radius 2 is 2.08 bits per heavy atom. The lowest BCUT2D eigenvalue weighted by Gasteiger charge is -2.35. The fourth-order valence-corrected chi connectivity index (χ4v) is 1.95. The van der Waals surface area contributed by atoms with Crippen LogP contribution in [0.25, 0.3) is 0 Å². The van der Waals surface area contributed by atoms with Crippen LogP contribution in [0.4, 0.5) is 0 Å². The van der Waals surface area contributed by atoms with E-state index >= 15 is 0 Å². The predicted molar refractivity (Wildman–Crippen MR) is 52.0 cm³/mol. The third-order valence-electron chi connectivity index (χ3n) is 2.78. The Hall–Kier alpha value is 0.01000. The molecule has 1 N–H and O–H groups in total. The monoisotopic (exact) mass is 222 g/mol. The minimum atomic E-state index is -0.789. The lowest BCUT2D eigenvalue weighted by molar-refractivity contribution is -0.134. The number of likely N-dealkylation sites (N-methyl/N-ethyl adjacent to an activating group) is 1. The molecule has 1 atom stereocenters. The van der Waals surface area contributed by atoms with Crippen LogP contribution in [0.5, 0.6) is 0 Å². The van der Waals surface area contributed by atoms with Gasteiger partial charge in [0.25, 0.3) is 0 Å². The zero-order valence-corrected chi connectivity index (χ0v) is 8.90. The highest BCUT2D eigenvalue weighted by Crippen LogP contribution is 2.53. The molecule has 2 fully saturated rings. The molecule has 1 aliphatic carbocycles. The van der Waals surface area contributed by atoms with E-state index in [2.05, 4.69) is 5.32 Å². The molecule has 0 spiro atoms. The summed E-state index contributed by atoms with van der Waals surface area (Å²) in [6.07, 6.45) is 0.597. The van der Waals surface area contributed by atoms with E-state index in [9.17, 15) is 4.79 Å². The number of carbonyl (C=O) groups excluding carboxylic acids is 1. The second-order valence-electron chi connectivity index (χ2n) is 3.78. The molecule has 1 saturated carbocycles. The van der Waals surface area contributed by atoms with Gasteiger partial charge in [0.05, 0.1) is 12.0 Å². The SMILES string of the molecule is CN(C(=O)C1CC1(Cl)Cl)C1CNC1. The second kappa shape index (κ2) is 3.01. The van der Waals surface area contributed by atoms with Crippen molar-refractivity contribution in [3.63, 3.8) is 0 Å². The zero-order chi connectivity index (χ0) is 9.64. The van der Waals surface area contributed by atoms with Crippen molar-refractivity contribution in [2.45, 2.75) is 16.8 Å². The van der Waals surface area contributed by atoms with Crippen molar-refractivity contribution in [3.05, 3.63) is 0 Å². The number of nitrogens with zero attached hydrogens (tertiary/aromatic N) is 1. The molecule has 0 bridgehead atoms. The van der Waals surface area contributed by atoms with Gasteiger partial charge in [0.2, 0.25) is 5.91 Å². The van der Waals surface area contributed by atoms with Gasteiger partial charge in [-0.25, -0.2) is 0 Å². The quantitative estimate of drug-likeness (QED) is 0.695. The molecule has 3 nitrogen and oxygen atoms in total. The summed E-state index contributed by atoms with van der Waals surface area (Å²) in [4.78, 5) is 13.4. The van der Waals surface area contributed by atoms with Gasteiger partial charge in [-0.15, -0.1) is 23.2 Å². The van der Waals surface area contributed by atoms with Crippen molar-refractivity contribution in [3.8, 4) is 0 Å². The summed E-state index contributed by atoms with van der Waals surface area (Å²) < 4.78 is -0.789. The maximum Gasteiger partial charge on any atom is 0.228 e. The fraction of sp³-hybridized carbons (Fsp3) is 0.875. The minimum absolute atomic E-state index is 0.0801. The van der Waals surface area contributed by atoms with E-state index in [0.29, 0.717) is 12.5 Å². The highest BCUT2D eigenvalue weighted by atomic mass is 35.5. The number of hydrogen-bond donors (Lipinski definition) is 1. The molecule has 13 heavy (non-hydrogen) atoms. The molecule has 74 valence electrons. The summed E-state index contributed by atoms with van der Waals surface area (Å²) in [6.45, 7) is 1.76. The van der Waals surface area contributed by atoms with Crippen LogP contribution in [-0.4, -0.2) is 41.3 Å². The lowest BCUT2D eigenvalue weighted by atomic mass is 10.1. The van der Waals surface area contributed by atoms with Crippen LogP contribution in [-0.2, 0) is 4.79 Å². The van der Waals surface area contributed by atoms with E-state index in [1.54, 1.807) is 4.90 Å². The van der Waals surface area contributed by atoms with E-state index in [1.807, 2.05) is 7.05 Å². The molecule has 0 aromatic heterocycles. The van der Waals surface area contributed by atoms with Crippen LogP contribution in [0.3, 0.4) is 0 Å². The molecule has 1 unspecified atom stereocenters. The van der Waals surface area contributed by atoms with Crippen molar-refractivity contribution in [2.24, 2.45) is 5.92 Å². The Labute approximate surface area is 87.4 Å². The molecule has 1 amide bonds. The van der Waals surface area contributed by atoms with E-state index in [0.717, 1.165) is 13.1 Å². The standard InChI is InChI=1S/C8H12Cl2N2O/c1-12(5-3-11-4-5)7(13)6-2-8(6,9)10/h5-6,11H,2-4H2,1H3. The summed E-state index contributed by atoms with van der Waals surface area (Å²) in [5, 5.41) is 3.12. The Balaban J connectivity index is 1.90. The summed E-state index contributed by atoms with van der Waals surface area (Å²) in [6, 6.07) is 0.331. The minimum Gasteiger partial charge on any atom is -0.340 e. The first-order valence-corrected chi connectivity index (χ1v) is 5.13. The Morgan fingerprint density at radius 3 is 2.38 bits per heavy atom. The van der Waals surface area contributed by atoms with Crippen LogP contribution in [0, 0.1) is 5.92 Å². The molecule has 1 aliphatic heterocycles. The largest absolute Gasteiger partial charge is 0.340 e. The fourth-order valence-electron chi connectivity index (χ4n) is 1.45. The van der Waals surface area contributed by atoms with Gasteiger partial charge in [0.1, 0.15) is 4.33 Å². The van der Waals surface area contributed by atoms with Crippen LogP contribution >= 0.6 is 23.2 Å². The van der Waals surface area contributed by atoms with Crippen molar-refractivity contribution < 1.29 is 4.79 Å². The molecular weight excluding hydrogens is 211 g/mol. The summed E-state index contributed by atoms with van der Waals surface area (Å²) >= 11 is 11.6. The van der Waals surface area contributed by atoms with E-state index in [1.165, 1.54) is 0 Å². The van der Waals surface area contributed by atoms with Gasteiger partial charge in [-0.2, -0.15) is 0 Å². The Kier molecular flexibility index (Phi) is 2.21. The first-order chi connectivity index (χ1) is 6.02. The van der Waals surface area contributed by atoms with E-state index in [-0.39, 0.29) is 11.8 Å². The molecule has 0 aromatic rings. The van der Waals surface area contributed by atoms with Gasteiger partial charge in [-0.05, 0) is 6.42 Å². The number of carbonyl (C=O) groups is 1. The molecular formula is C8H12Cl2N2O. The lowest BCUT2D eigenvalue weighted by Crippen LogP contribution is -2.57. The highest BCUT2D eigenvalue weighted by molar-refractivity contribution is 6.52. The summed E-state index contributed by atoms with van der Waals surface area (Å²) in [5.74, 6) is -0.0991. The van der Waals surface area contributed by atoms with Crippen LogP contribution < -0.4 is 5.32 Å². The van der Waals surface area contributed by atoms with Crippen molar-refractivity contribution in [2.75, 3.05) is 20.1 Å². The average Bonchev–Trinajstić information content (AvgIpc) is 2.54. The van der Waals surface area contributed by atoms with Crippen molar-refractivity contribution in [1.29, 1.82) is 0 Å². The highest BCUT2D eigenvalue weighted by Gasteiger charge is 2.57. The first-order valence-electron chi connectivity index (χ1n) is 4.37. The molecule has 0 radical (unpaired) electrons. The number of amides is 1. The van der Waals surface area contributed by atoms with Crippen LogP contribution in [0.1, 0.15) is 6.42 Å².